The molecule has 2 rings (SSSR count). The van der Waals surface area contributed by atoms with E-state index in [-0.39, 0.29) is 22.6 Å². The third-order valence-electron chi connectivity index (χ3n) is 3.78. The fourth-order valence-corrected chi connectivity index (χ4v) is 2.45. The molecule has 3 nitrogen and oxygen atoms in total. The van der Waals surface area contributed by atoms with Crippen molar-refractivity contribution in [1.82, 2.24) is 4.90 Å². The van der Waals surface area contributed by atoms with Gasteiger partial charge in [-0.05, 0) is 17.9 Å². The van der Waals surface area contributed by atoms with Crippen molar-refractivity contribution >= 4 is 11.6 Å². The molecule has 114 valence electrons. The second-order valence-electron chi connectivity index (χ2n) is 6.33. The Morgan fingerprint density at radius 1 is 1.24 bits per heavy atom. The first kappa shape index (κ1) is 15.5. The molecule has 0 radical (unpaired) electrons. The van der Waals surface area contributed by atoms with E-state index < -0.39 is 11.6 Å². The number of nitrogens with two attached hydrogens (primary N) is 1. The van der Waals surface area contributed by atoms with Crippen molar-refractivity contribution in [3.05, 3.63) is 41.0 Å². The number of halogens is 2. The Balaban J connectivity index is 2.20. The fraction of sp³-hybridized carbons (Fsp3) is 0.438. The van der Waals surface area contributed by atoms with E-state index in [0.29, 0.717) is 13.1 Å². The van der Waals surface area contributed by atoms with Crippen LogP contribution in [0.25, 0.3) is 0 Å². The molecule has 0 atom stereocenters. The smallest absolute Gasteiger partial charge is 0.256 e. The second-order valence-corrected chi connectivity index (χ2v) is 6.33. The summed E-state index contributed by atoms with van der Waals surface area (Å²) in [6.07, 6.45) is 2.80. The van der Waals surface area contributed by atoms with Crippen LogP contribution in [0.4, 0.5) is 14.5 Å². The summed E-state index contributed by atoms with van der Waals surface area (Å²) in [4.78, 5) is 14.0. The number of anilines is 1. The zero-order valence-electron chi connectivity index (χ0n) is 12.5. The summed E-state index contributed by atoms with van der Waals surface area (Å²) in [5.74, 6) is -2.47. The summed E-state index contributed by atoms with van der Waals surface area (Å²) >= 11 is 0. The van der Waals surface area contributed by atoms with E-state index in [1.807, 2.05) is 6.08 Å². The van der Waals surface area contributed by atoms with Gasteiger partial charge in [-0.25, -0.2) is 8.78 Å². The fourth-order valence-electron chi connectivity index (χ4n) is 2.45. The van der Waals surface area contributed by atoms with Gasteiger partial charge in [-0.3, -0.25) is 4.79 Å². The number of carbonyl (C=O) groups is 1. The molecule has 0 unspecified atom stereocenters. The highest BCUT2D eigenvalue weighted by Gasteiger charge is 2.25. The third-order valence-corrected chi connectivity index (χ3v) is 3.78. The topological polar surface area (TPSA) is 46.3 Å². The summed E-state index contributed by atoms with van der Waals surface area (Å²) in [5.41, 5.74) is 6.98. The van der Waals surface area contributed by atoms with E-state index in [2.05, 4.69) is 20.8 Å². The van der Waals surface area contributed by atoms with Crippen molar-refractivity contribution in [2.45, 2.75) is 27.2 Å². The van der Waals surface area contributed by atoms with Crippen LogP contribution in [0.5, 0.6) is 0 Å². The van der Waals surface area contributed by atoms with Crippen molar-refractivity contribution < 1.29 is 13.6 Å². The molecule has 1 aliphatic heterocycles. The predicted octanol–water partition coefficient (Wildman–Crippen LogP) is 3.37. The van der Waals surface area contributed by atoms with E-state index in [1.165, 1.54) is 5.57 Å². The van der Waals surface area contributed by atoms with Crippen LogP contribution < -0.4 is 5.73 Å². The number of nitrogens with zero attached hydrogens (tertiary/aromatic N) is 1. The average molecular weight is 294 g/mol. The molecule has 1 heterocycles. The van der Waals surface area contributed by atoms with Crippen molar-refractivity contribution in [2.24, 2.45) is 5.41 Å². The Morgan fingerprint density at radius 3 is 2.38 bits per heavy atom. The minimum atomic E-state index is -1.06. The lowest BCUT2D eigenvalue weighted by Crippen LogP contribution is -2.36. The lowest BCUT2D eigenvalue weighted by Gasteiger charge is -2.32. The van der Waals surface area contributed by atoms with Crippen LogP contribution in [0.2, 0.25) is 0 Å². The van der Waals surface area contributed by atoms with Gasteiger partial charge in [-0.1, -0.05) is 32.4 Å². The molecule has 5 heteroatoms. The van der Waals surface area contributed by atoms with Gasteiger partial charge in [0, 0.05) is 24.8 Å². The van der Waals surface area contributed by atoms with Crippen LogP contribution in [0.3, 0.4) is 0 Å². The standard InChI is InChI=1S/C16H20F2N2O/c1-16(2,3)10-4-6-20(7-5-10)15(21)11-8-12(17)13(18)9-14(11)19/h4,8-9H,5-7,19H2,1-3H3. The molecule has 21 heavy (non-hydrogen) atoms. The highest BCUT2D eigenvalue weighted by atomic mass is 19.2. The first-order chi connectivity index (χ1) is 9.70. The Morgan fingerprint density at radius 2 is 1.86 bits per heavy atom. The minimum Gasteiger partial charge on any atom is -0.398 e. The Labute approximate surface area is 123 Å². The lowest BCUT2D eigenvalue weighted by molar-refractivity contribution is 0.0765. The van der Waals surface area contributed by atoms with E-state index >= 15 is 0 Å². The summed E-state index contributed by atoms with van der Waals surface area (Å²) in [7, 11) is 0. The van der Waals surface area contributed by atoms with Gasteiger partial charge in [0.1, 0.15) is 0 Å². The molecular weight excluding hydrogens is 274 g/mol. The SMILES string of the molecule is CC(C)(C)C1=CCN(C(=O)c2cc(F)c(F)cc2N)CC1. The molecule has 1 aromatic carbocycles. The molecule has 0 spiro atoms. The van der Waals surface area contributed by atoms with E-state index in [1.54, 1.807) is 4.90 Å². The van der Waals surface area contributed by atoms with Gasteiger partial charge in [-0.2, -0.15) is 0 Å². The van der Waals surface area contributed by atoms with Crippen LogP contribution >= 0.6 is 0 Å². The maximum absolute atomic E-state index is 13.3. The first-order valence-electron chi connectivity index (χ1n) is 6.93. The number of benzene rings is 1. The van der Waals surface area contributed by atoms with Gasteiger partial charge >= 0.3 is 0 Å². The molecule has 1 amide bonds. The van der Waals surface area contributed by atoms with E-state index in [4.69, 9.17) is 5.73 Å². The zero-order valence-corrected chi connectivity index (χ0v) is 12.5. The maximum atomic E-state index is 13.3. The highest BCUT2D eigenvalue weighted by Crippen LogP contribution is 2.30. The van der Waals surface area contributed by atoms with Crippen molar-refractivity contribution in [1.29, 1.82) is 0 Å². The first-order valence-corrected chi connectivity index (χ1v) is 6.93. The monoisotopic (exact) mass is 294 g/mol. The molecule has 0 aliphatic carbocycles. The van der Waals surface area contributed by atoms with Crippen LogP contribution in [0, 0.1) is 17.0 Å². The molecule has 0 saturated heterocycles. The molecule has 0 fully saturated rings. The van der Waals surface area contributed by atoms with Crippen LogP contribution in [0.1, 0.15) is 37.6 Å². The summed E-state index contributed by atoms with van der Waals surface area (Å²) in [6, 6.07) is 1.72. The van der Waals surface area contributed by atoms with Gasteiger partial charge in [0.25, 0.3) is 5.91 Å². The van der Waals surface area contributed by atoms with Gasteiger partial charge in [-0.15, -0.1) is 0 Å². The summed E-state index contributed by atoms with van der Waals surface area (Å²) in [6.45, 7) is 7.40. The molecule has 2 N–H and O–H groups in total. The highest BCUT2D eigenvalue weighted by molar-refractivity contribution is 5.99. The molecule has 1 aliphatic rings. The van der Waals surface area contributed by atoms with Gasteiger partial charge in [0.05, 0.1) is 5.56 Å². The number of amides is 1. The van der Waals surface area contributed by atoms with Gasteiger partial charge in [0.15, 0.2) is 11.6 Å². The molecule has 1 aromatic rings. The molecule has 0 bridgehead atoms. The summed E-state index contributed by atoms with van der Waals surface area (Å²) < 4.78 is 26.4. The quantitative estimate of drug-likeness (QED) is 0.637. The Hall–Kier alpha value is -1.91. The van der Waals surface area contributed by atoms with Gasteiger partial charge in [0.2, 0.25) is 0 Å². The molecule has 0 aromatic heterocycles. The Kier molecular flexibility index (Phi) is 4.03. The molecular formula is C16H20F2N2O. The zero-order chi connectivity index (χ0) is 15.8. The number of hydrogen-bond donors (Lipinski definition) is 1. The lowest BCUT2D eigenvalue weighted by atomic mass is 9.83. The third kappa shape index (κ3) is 3.23. The number of rotatable bonds is 1. The van der Waals surface area contributed by atoms with Crippen molar-refractivity contribution in [3.63, 3.8) is 0 Å². The predicted molar refractivity (Wildman–Crippen MR) is 78.8 cm³/mol. The molecule has 0 saturated carbocycles. The van der Waals surface area contributed by atoms with Crippen molar-refractivity contribution in [3.8, 4) is 0 Å². The van der Waals surface area contributed by atoms with Crippen LogP contribution in [-0.4, -0.2) is 23.9 Å². The largest absolute Gasteiger partial charge is 0.398 e. The van der Waals surface area contributed by atoms with E-state index in [0.717, 1.165) is 18.6 Å². The number of nitrogen functional groups attached to an aromatic ring is 1. The average Bonchev–Trinajstić information content (AvgIpc) is 2.41. The van der Waals surface area contributed by atoms with Gasteiger partial charge < -0.3 is 10.6 Å². The normalized spacial score (nSPS) is 15.9. The summed E-state index contributed by atoms with van der Waals surface area (Å²) in [5, 5.41) is 0. The Bertz CT molecular complexity index is 603. The maximum Gasteiger partial charge on any atom is 0.256 e. The van der Waals surface area contributed by atoms with Crippen LogP contribution in [0.15, 0.2) is 23.8 Å². The van der Waals surface area contributed by atoms with Crippen molar-refractivity contribution in [2.75, 3.05) is 18.8 Å². The van der Waals surface area contributed by atoms with E-state index in [9.17, 15) is 13.6 Å². The number of carbonyl (C=O) groups excluding carboxylic acids is 1. The number of hydrogen-bond acceptors (Lipinski definition) is 2. The van der Waals surface area contributed by atoms with Crippen LogP contribution in [-0.2, 0) is 0 Å². The minimum absolute atomic E-state index is 0.0153. The second kappa shape index (κ2) is 5.47.